The van der Waals surface area contributed by atoms with Crippen molar-refractivity contribution in [2.75, 3.05) is 12.4 Å². The fourth-order valence-electron chi connectivity index (χ4n) is 2.76. The van der Waals surface area contributed by atoms with Crippen molar-refractivity contribution in [1.82, 2.24) is 15.3 Å². The van der Waals surface area contributed by atoms with Crippen molar-refractivity contribution in [3.8, 4) is 5.88 Å². The highest BCUT2D eigenvalue weighted by Crippen LogP contribution is 2.25. The van der Waals surface area contributed by atoms with Crippen LogP contribution in [0.4, 0.5) is 5.69 Å². The van der Waals surface area contributed by atoms with E-state index in [1.807, 2.05) is 6.92 Å². The number of hydrogen-bond donors (Lipinski definition) is 4. The summed E-state index contributed by atoms with van der Waals surface area (Å²) in [7, 11) is 1.55. The molecule has 0 bridgehead atoms. The normalized spacial score (nSPS) is 19.2. The Morgan fingerprint density at radius 2 is 2.15 bits per heavy atom. The first-order chi connectivity index (χ1) is 13.0. The third kappa shape index (κ3) is 3.15. The Bertz CT molecular complexity index is 1110. The van der Waals surface area contributed by atoms with E-state index >= 15 is 0 Å². The summed E-state index contributed by atoms with van der Waals surface area (Å²) in [5.41, 5.74) is 9.85. The molecule has 4 rings (SSSR count). The molecule has 0 saturated carbocycles. The summed E-state index contributed by atoms with van der Waals surface area (Å²) in [6.07, 6.45) is 3.31. The third-order valence-electron chi connectivity index (χ3n) is 4.25. The number of nitrogens with two attached hydrogens (primary N) is 1. The third-order valence-corrected chi connectivity index (χ3v) is 4.25. The molecule has 3 heterocycles. The van der Waals surface area contributed by atoms with Gasteiger partial charge in [-0.1, -0.05) is 0 Å². The van der Waals surface area contributed by atoms with Crippen LogP contribution >= 0.6 is 0 Å². The van der Waals surface area contributed by atoms with Crippen molar-refractivity contribution in [2.45, 2.75) is 12.7 Å². The van der Waals surface area contributed by atoms with Crippen molar-refractivity contribution in [2.24, 2.45) is 10.7 Å². The van der Waals surface area contributed by atoms with Crippen LogP contribution < -0.4 is 26.9 Å². The highest BCUT2D eigenvalue weighted by atomic mass is 16.5. The zero-order valence-electron chi connectivity index (χ0n) is 14.7. The second kappa shape index (κ2) is 6.29. The van der Waals surface area contributed by atoms with Crippen LogP contribution in [0.1, 0.15) is 12.5 Å². The minimum absolute atomic E-state index is 0.492. The first-order valence-electron chi connectivity index (χ1n) is 8.20. The van der Waals surface area contributed by atoms with E-state index in [0.29, 0.717) is 28.4 Å². The number of anilines is 1. The molecule has 9 nitrogen and oxygen atoms in total. The van der Waals surface area contributed by atoms with Gasteiger partial charge in [-0.05, 0) is 31.2 Å². The number of H-pyrrole nitrogens is 1. The molecule has 0 amide bonds. The van der Waals surface area contributed by atoms with Crippen LogP contribution in [0.3, 0.4) is 0 Å². The zero-order valence-corrected chi connectivity index (χ0v) is 14.7. The maximum atomic E-state index is 11.3. The number of aliphatic imine (C=N–C) groups is 1. The number of fused-ring (bicyclic) bond motifs is 1. The van der Waals surface area contributed by atoms with Crippen LogP contribution in [-0.4, -0.2) is 23.3 Å². The fourth-order valence-corrected chi connectivity index (χ4v) is 2.76. The molecule has 0 spiro atoms. The Kier molecular flexibility index (Phi) is 3.93. The van der Waals surface area contributed by atoms with Gasteiger partial charge in [0.05, 0.1) is 12.6 Å². The maximum absolute atomic E-state index is 11.3. The Hall–Kier alpha value is -3.59. The number of pyridine rings is 1. The molecule has 1 atom stereocenters. The number of methoxy groups -OCH3 is 1. The number of allylic oxidation sites excluding steroid dienone is 1. The van der Waals surface area contributed by atoms with E-state index in [2.05, 4.69) is 25.6 Å². The van der Waals surface area contributed by atoms with Gasteiger partial charge in [-0.3, -0.25) is 10.7 Å². The van der Waals surface area contributed by atoms with E-state index in [0.717, 1.165) is 11.3 Å². The van der Waals surface area contributed by atoms with Gasteiger partial charge in [0, 0.05) is 35.3 Å². The molecule has 1 aliphatic heterocycles. The molecule has 138 valence electrons. The van der Waals surface area contributed by atoms with Crippen molar-refractivity contribution in [3.63, 3.8) is 0 Å². The predicted octanol–water partition coefficient (Wildman–Crippen LogP) is 1.61. The van der Waals surface area contributed by atoms with Gasteiger partial charge >= 0.3 is 5.76 Å². The summed E-state index contributed by atoms with van der Waals surface area (Å²) < 4.78 is 10.1. The van der Waals surface area contributed by atoms with Crippen LogP contribution in [0.5, 0.6) is 5.88 Å². The van der Waals surface area contributed by atoms with Gasteiger partial charge in [0.15, 0.2) is 5.58 Å². The minimum atomic E-state index is -1.17. The second-order valence-corrected chi connectivity index (χ2v) is 6.15. The van der Waals surface area contributed by atoms with E-state index in [4.69, 9.17) is 14.9 Å². The Morgan fingerprint density at radius 3 is 2.89 bits per heavy atom. The first-order valence-corrected chi connectivity index (χ1v) is 8.20. The van der Waals surface area contributed by atoms with E-state index in [1.54, 1.807) is 49.9 Å². The molecular weight excluding hydrogens is 348 g/mol. The van der Waals surface area contributed by atoms with E-state index in [1.165, 1.54) is 0 Å². The van der Waals surface area contributed by atoms with Crippen molar-refractivity contribution in [3.05, 3.63) is 64.0 Å². The predicted molar refractivity (Wildman–Crippen MR) is 101 cm³/mol. The molecule has 27 heavy (non-hydrogen) atoms. The topological polar surface area (TPSA) is 131 Å². The Morgan fingerprint density at radius 1 is 1.30 bits per heavy atom. The summed E-state index contributed by atoms with van der Waals surface area (Å²) in [6.45, 7) is 1.91. The lowest BCUT2D eigenvalue weighted by molar-refractivity contribution is 0.383. The first kappa shape index (κ1) is 16.9. The Labute approximate surface area is 154 Å². The van der Waals surface area contributed by atoms with E-state index in [-0.39, 0.29) is 0 Å². The molecule has 1 aliphatic rings. The summed E-state index contributed by atoms with van der Waals surface area (Å²) in [5, 5.41) is 6.48. The molecule has 0 fully saturated rings. The van der Waals surface area contributed by atoms with Gasteiger partial charge in [-0.15, -0.1) is 0 Å². The SMILES string of the molecule is COc1ccc(C2(N)N=CC(C)=C(Nc3ccc4oc(=O)[nH]c4c3)N2)cn1. The van der Waals surface area contributed by atoms with E-state index < -0.39 is 11.5 Å². The standard InChI is InChI=1S/C18H18N6O3/c1-10-8-21-18(19,11-3-6-15(26-2)20-9-11)24-16(10)22-12-4-5-14-13(7-12)23-17(25)27-14/h3-9,22,24H,19H2,1-2H3,(H,23,25). The summed E-state index contributed by atoms with van der Waals surface area (Å²) in [4.78, 5) is 22.5. The highest BCUT2D eigenvalue weighted by molar-refractivity contribution is 5.82. The molecule has 3 aromatic rings. The summed E-state index contributed by atoms with van der Waals surface area (Å²) >= 11 is 0. The lowest BCUT2D eigenvalue weighted by Crippen LogP contribution is -2.51. The van der Waals surface area contributed by atoms with Gasteiger partial charge in [0.1, 0.15) is 5.82 Å². The molecule has 5 N–H and O–H groups in total. The zero-order chi connectivity index (χ0) is 19.0. The summed E-state index contributed by atoms with van der Waals surface area (Å²) in [6, 6.07) is 8.83. The average Bonchev–Trinajstić information content (AvgIpc) is 3.04. The van der Waals surface area contributed by atoms with Crippen LogP contribution in [0.2, 0.25) is 0 Å². The number of nitrogens with one attached hydrogen (secondary N) is 3. The number of nitrogens with zero attached hydrogens (tertiary/aromatic N) is 2. The van der Waals surface area contributed by atoms with Gasteiger partial charge in [-0.25, -0.2) is 14.8 Å². The van der Waals surface area contributed by atoms with Gasteiger partial charge in [-0.2, -0.15) is 0 Å². The number of ether oxygens (including phenoxy) is 1. The number of aromatic amines is 1. The van der Waals surface area contributed by atoms with Gasteiger partial charge in [0.2, 0.25) is 11.7 Å². The van der Waals surface area contributed by atoms with Crippen LogP contribution in [0, 0.1) is 0 Å². The van der Waals surface area contributed by atoms with Crippen LogP contribution in [-0.2, 0) is 5.79 Å². The average molecular weight is 366 g/mol. The number of oxazole rings is 1. The van der Waals surface area contributed by atoms with Gasteiger partial charge < -0.3 is 19.8 Å². The molecule has 0 saturated heterocycles. The molecular formula is C18H18N6O3. The molecule has 9 heteroatoms. The number of benzene rings is 1. The maximum Gasteiger partial charge on any atom is 0.417 e. The van der Waals surface area contributed by atoms with E-state index in [9.17, 15) is 4.79 Å². The van der Waals surface area contributed by atoms with Crippen molar-refractivity contribution < 1.29 is 9.15 Å². The minimum Gasteiger partial charge on any atom is -0.481 e. The molecule has 1 aromatic carbocycles. The van der Waals surface area contributed by atoms with Gasteiger partial charge in [0.25, 0.3) is 0 Å². The van der Waals surface area contributed by atoms with Crippen LogP contribution in [0.25, 0.3) is 11.1 Å². The lowest BCUT2D eigenvalue weighted by Gasteiger charge is -2.33. The molecule has 0 radical (unpaired) electrons. The quantitative estimate of drug-likeness (QED) is 0.552. The second-order valence-electron chi connectivity index (χ2n) is 6.15. The van der Waals surface area contributed by atoms with Crippen LogP contribution in [0.15, 0.2) is 62.1 Å². The van der Waals surface area contributed by atoms with Crippen molar-refractivity contribution >= 4 is 23.0 Å². The highest BCUT2D eigenvalue weighted by Gasteiger charge is 2.30. The Balaban J connectivity index is 1.61. The lowest BCUT2D eigenvalue weighted by atomic mass is 10.1. The molecule has 0 aliphatic carbocycles. The molecule has 2 aromatic heterocycles. The number of aromatic nitrogens is 2. The smallest absolute Gasteiger partial charge is 0.417 e. The summed E-state index contributed by atoms with van der Waals surface area (Å²) in [5.74, 6) is -0.480. The number of hydrogen-bond acceptors (Lipinski definition) is 8. The molecule has 1 unspecified atom stereocenters. The van der Waals surface area contributed by atoms with Crippen molar-refractivity contribution in [1.29, 1.82) is 0 Å². The monoisotopic (exact) mass is 366 g/mol. The fraction of sp³-hybridized carbons (Fsp3) is 0.167. The largest absolute Gasteiger partial charge is 0.481 e. The number of rotatable bonds is 4.